The highest BCUT2D eigenvalue weighted by atomic mass is 19.2. The molecule has 0 saturated carbocycles. The minimum absolute atomic E-state index is 0.101. The summed E-state index contributed by atoms with van der Waals surface area (Å²) in [6.07, 6.45) is 1.22. The Bertz CT molecular complexity index is 1050. The van der Waals surface area contributed by atoms with Crippen molar-refractivity contribution in [2.24, 2.45) is 0 Å². The van der Waals surface area contributed by atoms with Crippen molar-refractivity contribution < 1.29 is 23.2 Å². The van der Waals surface area contributed by atoms with Crippen LogP contribution in [0.4, 0.5) is 26.0 Å². The molecule has 28 heavy (non-hydrogen) atoms. The highest BCUT2D eigenvalue weighted by Gasteiger charge is 2.17. The average molecular weight is 388 g/mol. The van der Waals surface area contributed by atoms with Crippen LogP contribution in [0.3, 0.4) is 0 Å². The summed E-state index contributed by atoms with van der Waals surface area (Å²) < 4.78 is 37.1. The first-order valence-electron chi connectivity index (χ1n) is 7.88. The molecule has 0 radical (unpaired) electrons. The minimum Gasteiger partial charge on any atom is -0.496 e. The molecule has 0 aliphatic rings. The van der Waals surface area contributed by atoms with Gasteiger partial charge in [-0.2, -0.15) is 0 Å². The van der Waals surface area contributed by atoms with Crippen molar-refractivity contribution >= 4 is 17.2 Å². The number of methoxy groups -OCH3 is 2. The molecule has 1 heterocycles. The molecular formula is C18H14F2N4O4. The number of aromatic nitrogens is 2. The topological polar surface area (TPSA) is 99.4 Å². The van der Waals surface area contributed by atoms with E-state index in [9.17, 15) is 18.9 Å². The lowest BCUT2D eigenvalue weighted by atomic mass is 10.1. The van der Waals surface area contributed by atoms with Crippen molar-refractivity contribution in [1.29, 1.82) is 0 Å². The summed E-state index contributed by atoms with van der Waals surface area (Å²) in [6.45, 7) is 0. The molecule has 8 nitrogen and oxygen atoms in total. The van der Waals surface area contributed by atoms with Crippen LogP contribution < -0.4 is 14.8 Å². The van der Waals surface area contributed by atoms with Gasteiger partial charge in [0.05, 0.1) is 24.8 Å². The van der Waals surface area contributed by atoms with Gasteiger partial charge in [-0.1, -0.05) is 0 Å². The first kappa shape index (κ1) is 19.0. The smallest absolute Gasteiger partial charge is 0.312 e. The Morgan fingerprint density at radius 2 is 1.71 bits per heavy atom. The molecule has 144 valence electrons. The number of anilines is 2. The Kier molecular flexibility index (Phi) is 5.30. The van der Waals surface area contributed by atoms with Crippen molar-refractivity contribution in [3.63, 3.8) is 0 Å². The second-order valence-corrected chi connectivity index (χ2v) is 5.52. The number of nitrogens with zero attached hydrogens (tertiary/aromatic N) is 3. The van der Waals surface area contributed by atoms with E-state index >= 15 is 0 Å². The maximum atomic E-state index is 13.7. The summed E-state index contributed by atoms with van der Waals surface area (Å²) in [5.41, 5.74) is 0.669. The van der Waals surface area contributed by atoms with E-state index in [0.717, 1.165) is 12.1 Å². The van der Waals surface area contributed by atoms with E-state index in [1.54, 1.807) is 6.07 Å². The third-order valence-corrected chi connectivity index (χ3v) is 3.83. The predicted octanol–water partition coefficient (Wildman–Crippen LogP) is 4.09. The van der Waals surface area contributed by atoms with Gasteiger partial charge in [0.15, 0.2) is 17.4 Å². The van der Waals surface area contributed by atoms with Crippen LogP contribution in [0.15, 0.2) is 42.7 Å². The minimum atomic E-state index is -1.05. The molecule has 0 fully saturated rings. The maximum absolute atomic E-state index is 13.7. The van der Waals surface area contributed by atoms with Crippen LogP contribution in [-0.2, 0) is 0 Å². The van der Waals surface area contributed by atoms with Gasteiger partial charge in [-0.3, -0.25) is 10.1 Å². The Labute approximate surface area is 157 Å². The van der Waals surface area contributed by atoms with Crippen LogP contribution in [0, 0.1) is 21.7 Å². The van der Waals surface area contributed by atoms with Gasteiger partial charge in [0, 0.05) is 29.4 Å². The number of hydrogen-bond donors (Lipinski definition) is 1. The first-order valence-corrected chi connectivity index (χ1v) is 7.88. The summed E-state index contributed by atoms with van der Waals surface area (Å²) in [5.74, 6) is -1.58. The van der Waals surface area contributed by atoms with Crippen LogP contribution in [-0.4, -0.2) is 29.1 Å². The molecule has 1 aromatic heterocycles. The summed E-state index contributed by atoms with van der Waals surface area (Å²) in [5, 5.41) is 14.1. The molecule has 1 N–H and O–H groups in total. The number of nitrogens with one attached hydrogen (secondary N) is 1. The van der Waals surface area contributed by atoms with Crippen LogP contribution in [0.25, 0.3) is 11.3 Å². The summed E-state index contributed by atoms with van der Waals surface area (Å²) >= 11 is 0. The van der Waals surface area contributed by atoms with Crippen LogP contribution >= 0.6 is 0 Å². The second-order valence-electron chi connectivity index (χ2n) is 5.52. The largest absolute Gasteiger partial charge is 0.496 e. The second kappa shape index (κ2) is 7.82. The molecule has 3 aromatic rings. The molecule has 0 aliphatic heterocycles. The van der Waals surface area contributed by atoms with Crippen molar-refractivity contribution in [3.8, 4) is 22.8 Å². The Morgan fingerprint density at radius 1 is 1.00 bits per heavy atom. The van der Waals surface area contributed by atoms with Gasteiger partial charge in [-0.05, 0) is 18.2 Å². The van der Waals surface area contributed by atoms with Gasteiger partial charge in [0.25, 0.3) is 0 Å². The zero-order valence-electron chi connectivity index (χ0n) is 14.8. The number of hydrogen-bond acceptors (Lipinski definition) is 7. The quantitative estimate of drug-likeness (QED) is 0.501. The van der Waals surface area contributed by atoms with Gasteiger partial charge in [-0.25, -0.2) is 18.7 Å². The summed E-state index contributed by atoms with van der Waals surface area (Å²) in [6, 6.07) is 7.68. The fourth-order valence-corrected chi connectivity index (χ4v) is 2.53. The molecule has 0 bridgehead atoms. The molecule has 2 aromatic carbocycles. The van der Waals surface area contributed by atoms with E-state index in [4.69, 9.17) is 9.47 Å². The third-order valence-electron chi connectivity index (χ3n) is 3.83. The number of nitro benzene ring substituents is 1. The van der Waals surface area contributed by atoms with E-state index < -0.39 is 16.6 Å². The lowest BCUT2D eigenvalue weighted by molar-refractivity contribution is -0.385. The molecule has 10 heteroatoms. The van der Waals surface area contributed by atoms with E-state index in [1.165, 1.54) is 38.7 Å². The van der Waals surface area contributed by atoms with Crippen LogP contribution in [0.2, 0.25) is 0 Å². The molecule has 0 aliphatic carbocycles. The Morgan fingerprint density at radius 3 is 2.39 bits per heavy atom. The summed E-state index contributed by atoms with van der Waals surface area (Å²) in [7, 11) is 2.66. The van der Waals surface area contributed by atoms with Crippen LogP contribution in [0.1, 0.15) is 0 Å². The van der Waals surface area contributed by atoms with Gasteiger partial charge in [0.2, 0.25) is 0 Å². The number of halogens is 2. The fourth-order valence-electron chi connectivity index (χ4n) is 2.53. The van der Waals surface area contributed by atoms with Gasteiger partial charge in [-0.15, -0.1) is 0 Å². The van der Waals surface area contributed by atoms with Crippen LogP contribution in [0.5, 0.6) is 11.5 Å². The highest BCUT2D eigenvalue weighted by molar-refractivity contribution is 5.71. The maximum Gasteiger partial charge on any atom is 0.312 e. The third kappa shape index (κ3) is 3.80. The van der Waals surface area contributed by atoms with Crippen molar-refractivity contribution in [3.05, 3.63) is 64.5 Å². The molecule has 3 rings (SSSR count). The van der Waals surface area contributed by atoms with Crippen molar-refractivity contribution in [2.75, 3.05) is 19.5 Å². The highest BCUT2D eigenvalue weighted by Crippen LogP contribution is 2.33. The van der Waals surface area contributed by atoms with E-state index in [1.807, 2.05) is 0 Å². The van der Waals surface area contributed by atoms with Crippen molar-refractivity contribution in [2.45, 2.75) is 0 Å². The molecular weight excluding hydrogens is 374 g/mol. The molecule has 0 amide bonds. The number of rotatable bonds is 6. The average Bonchev–Trinajstić information content (AvgIpc) is 2.69. The lowest BCUT2D eigenvalue weighted by Gasteiger charge is -2.11. The zero-order chi connectivity index (χ0) is 20.3. The monoisotopic (exact) mass is 388 g/mol. The lowest BCUT2D eigenvalue weighted by Crippen LogP contribution is -1.99. The number of ether oxygens (including phenoxy) is 2. The van der Waals surface area contributed by atoms with E-state index in [2.05, 4.69) is 15.3 Å². The SMILES string of the molecule is COc1cc(F)c(F)cc1-c1cc(Nc2ccc(OC)c([N+](=O)[O-])c2)ncn1. The molecule has 0 unspecified atom stereocenters. The normalized spacial score (nSPS) is 10.4. The van der Waals surface area contributed by atoms with E-state index in [0.29, 0.717) is 5.69 Å². The van der Waals surface area contributed by atoms with Gasteiger partial charge < -0.3 is 14.8 Å². The molecule has 0 saturated heterocycles. The molecule has 0 atom stereocenters. The Hall–Kier alpha value is -3.82. The standard InChI is InChI=1S/C18H14F2N4O4/c1-27-16-4-3-10(5-15(16)24(25)26)23-18-8-14(21-9-22-18)11-6-12(19)13(20)7-17(11)28-2/h3-9H,1-2H3,(H,21,22,23). The Balaban J connectivity index is 1.96. The molecule has 0 spiro atoms. The predicted molar refractivity (Wildman–Crippen MR) is 96.9 cm³/mol. The number of benzene rings is 2. The van der Waals surface area contributed by atoms with Gasteiger partial charge >= 0.3 is 5.69 Å². The van der Waals surface area contributed by atoms with E-state index in [-0.39, 0.29) is 34.3 Å². The van der Waals surface area contributed by atoms with Crippen molar-refractivity contribution in [1.82, 2.24) is 9.97 Å². The summed E-state index contributed by atoms with van der Waals surface area (Å²) in [4.78, 5) is 18.7. The zero-order valence-corrected chi connectivity index (χ0v) is 14.8. The van der Waals surface area contributed by atoms with Gasteiger partial charge in [0.1, 0.15) is 17.9 Å². The fraction of sp³-hybridized carbons (Fsp3) is 0.111. The number of nitro groups is 1. The first-order chi connectivity index (χ1) is 13.4.